The van der Waals surface area contributed by atoms with Crippen LogP contribution in [0.1, 0.15) is 31.4 Å². The minimum Gasteiger partial charge on any atom is -0.475 e. The standard InChI is InChI=1S/C17H26N2O2/c1-19-10-8-17(9-11-19)7-3-5-15-4-2-6-16(18-15)21-13-12-20-14-17/h2,4,6H,3,5,7-14H2,1H3. The van der Waals surface area contributed by atoms with E-state index in [4.69, 9.17) is 9.47 Å². The zero-order valence-corrected chi connectivity index (χ0v) is 13.0. The lowest BCUT2D eigenvalue weighted by molar-refractivity contribution is -0.0106. The number of ether oxygens (including phenoxy) is 2. The smallest absolute Gasteiger partial charge is 0.213 e. The van der Waals surface area contributed by atoms with E-state index in [-0.39, 0.29) is 0 Å². The van der Waals surface area contributed by atoms with E-state index in [1.807, 2.05) is 12.1 Å². The highest BCUT2D eigenvalue weighted by atomic mass is 16.5. The number of nitrogens with zero attached hydrogens (tertiary/aromatic N) is 2. The van der Waals surface area contributed by atoms with E-state index in [9.17, 15) is 0 Å². The van der Waals surface area contributed by atoms with E-state index >= 15 is 0 Å². The van der Waals surface area contributed by atoms with Crippen LogP contribution in [-0.2, 0) is 11.2 Å². The van der Waals surface area contributed by atoms with Crippen LogP contribution in [0.5, 0.6) is 5.88 Å². The SMILES string of the molecule is CN1CCC2(CCCc3cccc(n3)OCCOC2)CC1. The van der Waals surface area contributed by atoms with Crippen LogP contribution >= 0.6 is 0 Å². The first-order valence-corrected chi connectivity index (χ1v) is 8.11. The van der Waals surface area contributed by atoms with Crippen molar-refractivity contribution >= 4 is 0 Å². The molecule has 0 aliphatic carbocycles. The molecule has 3 heterocycles. The van der Waals surface area contributed by atoms with Gasteiger partial charge in [-0.3, -0.25) is 0 Å². The molecule has 0 atom stereocenters. The Morgan fingerprint density at radius 2 is 2.00 bits per heavy atom. The molecule has 2 aliphatic rings. The first kappa shape index (κ1) is 14.8. The Labute approximate surface area is 127 Å². The Hall–Kier alpha value is -1.13. The predicted molar refractivity (Wildman–Crippen MR) is 82.7 cm³/mol. The van der Waals surface area contributed by atoms with Gasteiger partial charge >= 0.3 is 0 Å². The molecule has 4 nitrogen and oxygen atoms in total. The minimum absolute atomic E-state index is 0.364. The molecule has 0 radical (unpaired) electrons. The van der Waals surface area contributed by atoms with Crippen molar-refractivity contribution in [2.75, 3.05) is 40.0 Å². The molecule has 0 amide bonds. The molecule has 2 bridgehead atoms. The van der Waals surface area contributed by atoms with E-state index in [0.717, 1.165) is 24.6 Å². The normalized spacial score (nSPS) is 23.9. The van der Waals surface area contributed by atoms with Gasteiger partial charge in [0.05, 0.1) is 13.2 Å². The van der Waals surface area contributed by atoms with Crippen molar-refractivity contribution in [3.8, 4) is 5.88 Å². The number of rotatable bonds is 0. The number of likely N-dealkylation sites (tertiary alicyclic amines) is 1. The van der Waals surface area contributed by atoms with Gasteiger partial charge in [0.2, 0.25) is 5.88 Å². The summed E-state index contributed by atoms with van der Waals surface area (Å²) in [5.41, 5.74) is 1.51. The summed E-state index contributed by atoms with van der Waals surface area (Å²) >= 11 is 0. The lowest BCUT2D eigenvalue weighted by Crippen LogP contribution is -2.41. The van der Waals surface area contributed by atoms with E-state index in [1.54, 1.807) is 0 Å². The molecular formula is C17H26N2O2. The summed E-state index contributed by atoms with van der Waals surface area (Å²) in [6.45, 7) is 4.50. The van der Waals surface area contributed by atoms with Crippen LogP contribution in [0.3, 0.4) is 0 Å². The lowest BCUT2D eigenvalue weighted by Gasteiger charge is -2.40. The van der Waals surface area contributed by atoms with E-state index in [2.05, 4.69) is 23.0 Å². The van der Waals surface area contributed by atoms with Crippen LogP contribution in [-0.4, -0.2) is 49.8 Å². The number of fused-ring (bicyclic) bond motifs is 2. The van der Waals surface area contributed by atoms with Crippen LogP contribution < -0.4 is 4.74 Å². The molecular weight excluding hydrogens is 264 g/mol. The molecule has 0 saturated carbocycles. The summed E-state index contributed by atoms with van der Waals surface area (Å²) in [4.78, 5) is 6.99. The molecule has 116 valence electrons. The first-order valence-electron chi connectivity index (χ1n) is 8.11. The molecule has 3 rings (SSSR count). The fourth-order valence-electron chi connectivity index (χ4n) is 3.37. The molecule has 0 aromatic carbocycles. The highest BCUT2D eigenvalue weighted by molar-refractivity contribution is 5.16. The molecule has 1 aromatic heterocycles. The van der Waals surface area contributed by atoms with Gasteiger partial charge in [0.25, 0.3) is 0 Å². The Bertz CT molecular complexity index is 456. The molecule has 0 unspecified atom stereocenters. The third-order valence-electron chi connectivity index (χ3n) is 4.85. The fraction of sp³-hybridized carbons (Fsp3) is 0.706. The fourth-order valence-corrected chi connectivity index (χ4v) is 3.37. The second-order valence-corrected chi connectivity index (χ2v) is 6.53. The highest BCUT2D eigenvalue weighted by Gasteiger charge is 2.33. The number of hydrogen-bond acceptors (Lipinski definition) is 4. The van der Waals surface area contributed by atoms with Gasteiger partial charge in [0.15, 0.2) is 0 Å². The summed E-state index contributed by atoms with van der Waals surface area (Å²) in [5, 5.41) is 0. The molecule has 0 N–H and O–H groups in total. The maximum atomic E-state index is 5.94. The van der Waals surface area contributed by atoms with Crippen molar-refractivity contribution in [1.82, 2.24) is 9.88 Å². The number of aromatic nitrogens is 1. The van der Waals surface area contributed by atoms with Crippen molar-refractivity contribution in [1.29, 1.82) is 0 Å². The molecule has 2 aliphatic heterocycles. The molecule has 1 spiro atoms. The van der Waals surface area contributed by atoms with Crippen LogP contribution in [0.2, 0.25) is 0 Å². The minimum atomic E-state index is 0.364. The molecule has 21 heavy (non-hydrogen) atoms. The zero-order chi connectivity index (χ0) is 14.5. The summed E-state index contributed by atoms with van der Waals surface area (Å²) < 4.78 is 11.6. The van der Waals surface area contributed by atoms with E-state index in [0.29, 0.717) is 18.6 Å². The second-order valence-electron chi connectivity index (χ2n) is 6.53. The van der Waals surface area contributed by atoms with Crippen molar-refractivity contribution in [3.05, 3.63) is 23.9 Å². The largest absolute Gasteiger partial charge is 0.475 e. The van der Waals surface area contributed by atoms with Crippen LogP contribution in [0, 0.1) is 5.41 Å². The van der Waals surface area contributed by atoms with Gasteiger partial charge in [-0.05, 0) is 63.7 Å². The van der Waals surface area contributed by atoms with E-state index in [1.165, 1.54) is 38.8 Å². The third-order valence-corrected chi connectivity index (χ3v) is 4.85. The van der Waals surface area contributed by atoms with Crippen molar-refractivity contribution in [2.24, 2.45) is 5.41 Å². The zero-order valence-electron chi connectivity index (χ0n) is 13.0. The number of aryl methyl sites for hydroxylation is 1. The Morgan fingerprint density at radius 1 is 1.14 bits per heavy atom. The van der Waals surface area contributed by atoms with Gasteiger partial charge in [-0.15, -0.1) is 0 Å². The van der Waals surface area contributed by atoms with Crippen molar-refractivity contribution in [3.63, 3.8) is 0 Å². The number of pyridine rings is 1. The Kier molecular flexibility index (Phi) is 4.76. The first-order chi connectivity index (χ1) is 10.3. The van der Waals surface area contributed by atoms with Gasteiger partial charge in [-0.1, -0.05) is 6.07 Å². The van der Waals surface area contributed by atoms with Gasteiger partial charge in [-0.2, -0.15) is 0 Å². The third kappa shape index (κ3) is 3.95. The summed E-state index contributed by atoms with van der Waals surface area (Å²) in [6.07, 6.45) is 5.96. The predicted octanol–water partition coefficient (Wildman–Crippen LogP) is 2.53. The Balaban J connectivity index is 1.68. The van der Waals surface area contributed by atoms with Gasteiger partial charge in [0, 0.05) is 11.8 Å². The van der Waals surface area contributed by atoms with Crippen LogP contribution in [0.25, 0.3) is 0 Å². The number of piperidine rings is 1. The topological polar surface area (TPSA) is 34.6 Å². The van der Waals surface area contributed by atoms with Crippen molar-refractivity contribution in [2.45, 2.75) is 32.1 Å². The van der Waals surface area contributed by atoms with Crippen LogP contribution in [0.4, 0.5) is 0 Å². The molecule has 1 aromatic rings. The van der Waals surface area contributed by atoms with E-state index < -0.39 is 0 Å². The summed E-state index contributed by atoms with van der Waals surface area (Å²) in [7, 11) is 2.21. The monoisotopic (exact) mass is 290 g/mol. The van der Waals surface area contributed by atoms with Crippen molar-refractivity contribution < 1.29 is 9.47 Å². The molecule has 4 heteroatoms. The summed E-state index contributed by atoms with van der Waals surface area (Å²) in [6, 6.07) is 6.07. The number of hydrogen-bond donors (Lipinski definition) is 0. The average molecular weight is 290 g/mol. The second kappa shape index (κ2) is 6.75. The van der Waals surface area contributed by atoms with Gasteiger partial charge in [0.1, 0.15) is 6.61 Å². The van der Waals surface area contributed by atoms with Gasteiger partial charge in [-0.25, -0.2) is 4.98 Å². The average Bonchev–Trinajstić information content (AvgIpc) is 2.49. The van der Waals surface area contributed by atoms with Crippen LogP contribution in [0.15, 0.2) is 18.2 Å². The van der Waals surface area contributed by atoms with Gasteiger partial charge < -0.3 is 14.4 Å². The molecule has 1 fully saturated rings. The Morgan fingerprint density at radius 3 is 2.86 bits per heavy atom. The molecule has 1 saturated heterocycles. The quantitative estimate of drug-likeness (QED) is 0.735. The summed E-state index contributed by atoms with van der Waals surface area (Å²) in [5.74, 6) is 0.727. The highest BCUT2D eigenvalue weighted by Crippen LogP contribution is 2.36. The maximum absolute atomic E-state index is 5.94. The lowest BCUT2D eigenvalue weighted by atomic mass is 9.75. The maximum Gasteiger partial charge on any atom is 0.213 e.